The van der Waals surface area contributed by atoms with Crippen LogP contribution >= 0.6 is 11.7 Å². The van der Waals surface area contributed by atoms with Crippen molar-refractivity contribution in [2.24, 2.45) is 0 Å². The van der Waals surface area contributed by atoms with Crippen LogP contribution in [0.4, 0.5) is 0 Å². The summed E-state index contributed by atoms with van der Waals surface area (Å²) >= 11 is 1.13. The van der Waals surface area contributed by atoms with E-state index in [0.717, 1.165) is 24.6 Å². The van der Waals surface area contributed by atoms with Gasteiger partial charge in [0.15, 0.2) is 11.5 Å². The molecule has 3 heterocycles. The molecule has 2 aromatic rings. The van der Waals surface area contributed by atoms with Gasteiger partial charge in [-0.25, -0.2) is 0 Å². The second kappa shape index (κ2) is 6.04. The lowest BCUT2D eigenvalue weighted by atomic mass is 10.1. The van der Waals surface area contributed by atoms with Crippen LogP contribution in [0, 0.1) is 0 Å². The number of likely N-dealkylation sites (tertiary alicyclic amines) is 1. The van der Waals surface area contributed by atoms with Crippen LogP contribution in [0.5, 0.6) is 17.4 Å². The number of benzene rings is 1. The van der Waals surface area contributed by atoms with Crippen molar-refractivity contribution in [3.8, 4) is 17.4 Å². The van der Waals surface area contributed by atoms with E-state index < -0.39 is 0 Å². The minimum Gasteiger partial charge on any atom is -0.472 e. The molecule has 7 nitrogen and oxygen atoms in total. The van der Waals surface area contributed by atoms with Crippen LogP contribution in [0.3, 0.4) is 0 Å². The topological polar surface area (TPSA) is 73.8 Å². The molecule has 1 aromatic carbocycles. The molecule has 0 radical (unpaired) electrons. The number of hydrogen-bond donors (Lipinski definition) is 0. The fraction of sp³-hybridized carbons (Fsp3) is 0.400. The van der Waals surface area contributed by atoms with Gasteiger partial charge in [-0.1, -0.05) is 0 Å². The Labute approximate surface area is 137 Å². The third-order valence-electron chi connectivity index (χ3n) is 3.98. The standard InChI is InChI=1S/C15H15N3O4S/c19-15(10-1-2-12-13(7-10)21-9-20-12)18-5-3-11(4-6-18)22-14-8-16-23-17-14/h1-2,7-8,11H,3-6,9H2. The molecule has 0 unspecified atom stereocenters. The zero-order valence-corrected chi connectivity index (χ0v) is 13.1. The van der Waals surface area contributed by atoms with E-state index in [-0.39, 0.29) is 18.8 Å². The molecule has 0 atom stereocenters. The number of hydrogen-bond acceptors (Lipinski definition) is 7. The van der Waals surface area contributed by atoms with E-state index in [1.165, 1.54) is 0 Å². The number of piperidine rings is 1. The van der Waals surface area contributed by atoms with Crippen molar-refractivity contribution in [2.75, 3.05) is 19.9 Å². The Kier molecular flexibility index (Phi) is 3.74. The Balaban J connectivity index is 1.37. The molecule has 1 saturated heterocycles. The normalized spacial score (nSPS) is 17.3. The van der Waals surface area contributed by atoms with Crippen molar-refractivity contribution in [3.05, 3.63) is 30.0 Å². The van der Waals surface area contributed by atoms with Gasteiger partial charge < -0.3 is 19.1 Å². The number of ether oxygens (including phenoxy) is 3. The van der Waals surface area contributed by atoms with Crippen LogP contribution in [-0.2, 0) is 0 Å². The van der Waals surface area contributed by atoms with E-state index in [1.54, 1.807) is 24.4 Å². The Hall–Kier alpha value is -2.35. The summed E-state index contributed by atoms with van der Waals surface area (Å²) in [5.41, 5.74) is 0.623. The molecule has 0 bridgehead atoms. The molecule has 2 aliphatic rings. The van der Waals surface area contributed by atoms with Gasteiger partial charge in [-0.3, -0.25) is 4.79 Å². The summed E-state index contributed by atoms with van der Waals surface area (Å²) in [5, 5.41) is 0. The Bertz CT molecular complexity index is 699. The first-order valence-corrected chi connectivity index (χ1v) is 8.16. The van der Waals surface area contributed by atoms with Crippen LogP contribution in [0.25, 0.3) is 0 Å². The number of aromatic nitrogens is 2. The molecular formula is C15H15N3O4S. The predicted octanol–water partition coefficient (Wildman–Crippen LogP) is 1.95. The highest BCUT2D eigenvalue weighted by Gasteiger charge is 2.26. The van der Waals surface area contributed by atoms with Gasteiger partial charge in [0.2, 0.25) is 12.7 Å². The molecule has 0 aliphatic carbocycles. The summed E-state index contributed by atoms with van der Waals surface area (Å²) in [5.74, 6) is 1.89. The van der Waals surface area contributed by atoms with Crippen molar-refractivity contribution in [1.82, 2.24) is 13.6 Å². The van der Waals surface area contributed by atoms with Gasteiger partial charge in [-0.15, -0.1) is 4.37 Å². The highest BCUT2D eigenvalue weighted by molar-refractivity contribution is 6.99. The van der Waals surface area contributed by atoms with E-state index in [0.29, 0.717) is 36.0 Å². The average molecular weight is 333 g/mol. The van der Waals surface area contributed by atoms with Crippen LogP contribution in [-0.4, -0.2) is 45.5 Å². The van der Waals surface area contributed by atoms with Gasteiger partial charge >= 0.3 is 0 Å². The number of fused-ring (bicyclic) bond motifs is 1. The lowest BCUT2D eigenvalue weighted by Crippen LogP contribution is -2.41. The molecule has 1 fully saturated rings. The van der Waals surface area contributed by atoms with Crippen LogP contribution in [0.1, 0.15) is 23.2 Å². The van der Waals surface area contributed by atoms with Gasteiger partial charge in [0, 0.05) is 31.5 Å². The molecule has 1 aromatic heterocycles. The zero-order chi connectivity index (χ0) is 15.6. The highest BCUT2D eigenvalue weighted by atomic mass is 32.1. The first-order valence-electron chi connectivity index (χ1n) is 7.43. The summed E-state index contributed by atoms with van der Waals surface area (Å²) < 4.78 is 24.3. The monoisotopic (exact) mass is 333 g/mol. The van der Waals surface area contributed by atoms with Crippen molar-refractivity contribution in [1.29, 1.82) is 0 Å². The lowest BCUT2D eigenvalue weighted by molar-refractivity contribution is 0.0589. The van der Waals surface area contributed by atoms with E-state index in [4.69, 9.17) is 14.2 Å². The van der Waals surface area contributed by atoms with Gasteiger partial charge in [0.1, 0.15) is 12.3 Å². The van der Waals surface area contributed by atoms with Gasteiger partial charge in [-0.05, 0) is 18.2 Å². The van der Waals surface area contributed by atoms with Crippen LogP contribution in [0.15, 0.2) is 24.4 Å². The quantitative estimate of drug-likeness (QED) is 0.855. The minimum absolute atomic E-state index is 0.0112. The summed E-state index contributed by atoms with van der Waals surface area (Å²) in [6, 6.07) is 5.30. The molecular weight excluding hydrogens is 318 g/mol. The van der Waals surface area contributed by atoms with Crippen molar-refractivity contribution in [3.63, 3.8) is 0 Å². The number of nitrogens with zero attached hydrogens (tertiary/aromatic N) is 3. The number of rotatable bonds is 3. The maximum Gasteiger partial charge on any atom is 0.253 e. The number of carbonyl (C=O) groups excluding carboxylic acids is 1. The Morgan fingerprint density at radius 3 is 2.87 bits per heavy atom. The number of carbonyl (C=O) groups is 1. The summed E-state index contributed by atoms with van der Waals surface area (Å²) in [7, 11) is 0. The van der Waals surface area contributed by atoms with Gasteiger partial charge in [0.25, 0.3) is 5.91 Å². The average Bonchev–Trinajstić information content (AvgIpc) is 3.25. The second-order valence-corrected chi connectivity index (χ2v) is 5.98. The lowest BCUT2D eigenvalue weighted by Gasteiger charge is -2.31. The fourth-order valence-corrected chi connectivity index (χ4v) is 3.12. The van der Waals surface area contributed by atoms with Crippen molar-refractivity contribution in [2.45, 2.75) is 18.9 Å². The fourth-order valence-electron chi connectivity index (χ4n) is 2.77. The first kappa shape index (κ1) is 14.3. The molecule has 0 spiro atoms. The molecule has 2 aliphatic heterocycles. The Morgan fingerprint density at radius 2 is 2.09 bits per heavy atom. The predicted molar refractivity (Wildman–Crippen MR) is 82.0 cm³/mol. The SMILES string of the molecule is O=C(c1ccc2c(c1)OCO2)N1CCC(Oc2cnsn2)CC1. The molecule has 120 valence electrons. The number of amides is 1. The molecule has 0 saturated carbocycles. The van der Waals surface area contributed by atoms with E-state index >= 15 is 0 Å². The van der Waals surface area contributed by atoms with E-state index in [9.17, 15) is 4.79 Å². The third-order valence-corrected chi connectivity index (χ3v) is 4.44. The maximum absolute atomic E-state index is 12.6. The second-order valence-electron chi connectivity index (χ2n) is 5.42. The first-order chi connectivity index (χ1) is 11.3. The third kappa shape index (κ3) is 2.94. The Morgan fingerprint density at radius 1 is 1.26 bits per heavy atom. The van der Waals surface area contributed by atoms with Crippen LogP contribution < -0.4 is 14.2 Å². The highest BCUT2D eigenvalue weighted by Crippen LogP contribution is 2.33. The maximum atomic E-state index is 12.6. The molecule has 8 heteroatoms. The van der Waals surface area contributed by atoms with Crippen LogP contribution in [0.2, 0.25) is 0 Å². The summed E-state index contributed by atoms with van der Waals surface area (Å²) in [4.78, 5) is 14.4. The van der Waals surface area contributed by atoms with Crippen molar-refractivity contribution >= 4 is 17.6 Å². The molecule has 23 heavy (non-hydrogen) atoms. The molecule has 4 rings (SSSR count). The van der Waals surface area contributed by atoms with Crippen molar-refractivity contribution < 1.29 is 19.0 Å². The van der Waals surface area contributed by atoms with E-state index in [2.05, 4.69) is 8.75 Å². The minimum atomic E-state index is 0.0112. The summed E-state index contributed by atoms with van der Waals surface area (Å²) in [6.45, 7) is 1.53. The largest absolute Gasteiger partial charge is 0.472 e. The zero-order valence-electron chi connectivity index (χ0n) is 12.3. The van der Waals surface area contributed by atoms with Gasteiger partial charge in [-0.2, -0.15) is 4.37 Å². The van der Waals surface area contributed by atoms with Gasteiger partial charge in [0.05, 0.1) is 11.7 Å². The smallest absolute Gasteiger partial charge is 0.253 e. The molecule has 0 N–H and O–H groups in total. The molecule has 1 amide bonds. The summed E-state index contributed by atoms with van der Waals surface area (Å²) in [6.07, 6.45) is 3.27. The van der Waals surface area contributed by atoms with E-state index in [1.807, 2.05) is 4.90 Å².